The van der Waals surface area contributed by atoms with Gasteiger partial charge in [0.05, 0.1) is 28.5 Å². The lowest BCUT2D eigenvalue weighted by atomic mass is 9.96. The molecule has 3 heterocycles. The average molecular weight is 603 g/mol. The quantitative estimate of drug-likeness (QED) is 0.221. The summed E-state index contributed by atoms with van der Waals surface area (Å²) in [4.78, 5) is 32.3. The highest BCUT2D eigenvalue weighted by molar-refractivity contribution is 7.07. The molecule has 206 valence electrons. The Bertz CT molecular complexity index is 2020. The van der Waals surface area contributed by atoms with Crippen molar-refractivity contribution >= 4 is 57.5 Å². The smallest absolute Gasteiger partial charge is 0.338 e. The molecule has 3 aromatic carbocycles. The molecule has 2 aromatic heterocycles. The van der Waals surface area contributed by atoms with E-state index in [1.807, 2.05) is 79.0 Å². The molecule has 0 radical (unpaired) electrons. The van der Waals surface area contributed by atoms with Crippen LogP contribution in [0.15, 0.2) is 100 Å². The highest BCUT2D eigenvalue weighted by atomic mass is 35.5. The molecule has 5 aromatic rings. The number of benzene rings is 3. The van der Waals surface area contributed by atoms with E-state index < -0.39 is 12.0 Å². The summed E-state index contributed by atoms with van der Waals surface area (Å²) in [5, 5.41) is 2.19. The van der Waals surface area contributed by atoms with E-state index in [0.717, 1.165) is 27.6 Å². The molecule has 0 spiro atoms. The molecule has 6 nitrogen and oxygen atoms in total. The second-order valence-electron chi connectivity index (χ2n) is 9.68. The van der Waals surface area contributed by atoms with Crippen LogP contribution in [-0.2, 0) is 16.1 Å². The molecular weight excluding hydrogens is 577 g/mol. The zero-order valence-corrected chi connectivity index (χ0v) is 24.6. The summed E-state index contributed by atoms with van der Waals surface area (Å²) in [6.07, 6.45) is 3.93. The van der Waals surface area contributed by atoms with Crippen molar-refractivity contribution in [2.75, 3.05) is 6.61 Å². The molecule has 9 heteroatoms. The maximum absolute atomic E-state index is 14.0. The predicted octanol–water partition coefficient (Wildman–Crippen LogP) is 6.11. The molecule has 0 aliphatic carbocycles. The summed E-state index contributed by atoms with van der Waals surface area (Å²) < 4.78 is 9.63. The van der Waals surface area contributed by atoms with Crippen LogP contribution in [0.3, 0.4) is 0 Å². The molecule has 0 saturated heterocycles. The van der Waals surface area contributed by atoms with Gasteiger partial charge in [-0.15, -0.1) is 0 Å². The lowest BCUT2D eigenvalue weighted by Crippen LogP contribution is -2.39. The largest absolute Gasteiger partial charge is 0.463 e. The number of allylic oxidation sites excluding steroid dienone is 1. The van der Waals surface area contributed by atoms with E-state index in [-0.39, 0.29) is 12.2 Å². The van der Waals surface area contributed by atoms with Crippen LogP contribution in [0.25, 0.3) is 17.0 Å². The Morgan fingerprint density at radius 3 is 2.59 bits per heavy atom. The number of thiazole rings is 1. The van der Waals surface area contributed by atoms with Crippen molar-refractivity contribution in [3.05, 3.63) is 137 Å². The first-order valence-electron chi connectivity index (χ1n) is 13.1. The van der Waals surface area contributed by atoms with Crippen molar-refractivity contribution in [2.24, 2.45) is 4.99 Å². The SMILES string of the molecule is CCOC(=O)C1=C(C)N=c2s/c(=C/c3cn(Cc4ccc(Cl)cc4Cl)c4ccccc34)c(=O)n2[C@@H]1c1ccccc1. The van der Waals surface area contributed by atoms with Crippen molar-refractivity contribution in [1.82, 2.24) is 9.13 Å². The normalized spacial score (nSPS) is 15.2. The zero-order valence-electron chi connectivity index (χ0n) is 22.3. The van der Waals surface area contributed by atoms with Crippen LogP contribution in [-0.4, -0.2) is 21.7 Å². The number of ether oxygens (including phenoxy) is 1. The molecule has 0 unspecified atom stereocenters. The first-order valence-corrected chi connectivity index (χ1v) is 14.7. The second kappa shape index (κ2) is 11.2. The number of halogens is 2. The average Bonchev–Trinajstić information content (AvgIpc) is 3.46. The van der Waals surface area contributed by atoms with Gasteiger partial charge in [-0.25, -0.2) is 9.79 Å². The lowest BCUT2D eigenvalue weighted by molar-refractivity contribution is -0.139. The third-order valence-electron chi connectivity index (χ3n) is 7.09. The van der Waals surface area contributed by atoms with Crippen LogP contribution in [0.1, 0.15) is 36.6 Å². The van der Waals surface area contributed by atoms with E-state index in [2.05, 4.69) is 9.56 Å². The van der Waals surface area contributed by atoms with E-state index in [0.29, 0.717) is 37.2 Å². The maximum Gasteiger partial charge on any atom is 0.338 e. The van der Waals surface area contributed by atoms with Crippen LogP contribution in [0.5, 0.6) is 0 Å². The van der Waals surface area contributed by atoms with Crippen LogP contribution >= 0.6 is 34.5 Å². The fourth-order valence-corrected chi connectivity index (χ4v) is 6.74. The Balaban J connectivity index is 1.51. The Morgan fingerprint density at radius 1 is 1.07 bits per heavy atom. The monoisotopic (exact) mass is 601 g/mol. The molecule has 0 saturated carbocycles. The van der Waals surface area contributed by atoms with Crippen LogP contribution in [0, 0.1) is 0 Å². The van der Waals surface area contributed by atoms with E-state index in [1.54, 1.807) is 24.5 Å². The summed E-state index contributed by atoms with van der Waals surface area (Å²) in [5.41, 5.74) is 4.36. The van der Waals surface area contributed by atoms with Gasteiger partial charge in [0.15, 0.2) is 4.80 Å². The van der Waals surface area contributed by atoms with Gasteiger partial charge in [0, 0.05) is 39.3 Å². The van der Waals surface area contributed by atoms with E-state index in [1.165, 1.54) is 11.3 Å². The molecule has 6 rings (SSSR count). The fourth-order valence-electron chi connectivity index (χ4n) is 5.24. The van der Waals surface area contributed by atoms with Gasteiger partial charge in [0.1, 0.15) is 0 Å². The molecule has 1 atom stereocenters. The summed E-state index contributed by atoms with van der Waals surface area (Å²) in [5.74, 6) is -0.471. The van der Waals surface area contributed by atoms with Crippen LogP contribution < -0.4 is 14.9 Å². The third-order valence-corrected chi connectivity index (χ3v) is 8.66. The number of carbonyl (C=O) groups is 1. The number of fused-ring (bicyclic) bond motifs is 2. The van der Waals surface area contributed by atoms with Crippen molar-refractivity contribution < 1.29 is 9.53 Å². The molecule has 0 fully saturated rings. The van der Waals surface area contributed by atoms with Gasteiger partial charge in [-0.2, -0.15) is 0 Å². The number of nitrogens with zero attached hydrogens (tertiary/aromatic N) is 3. The molecule has 0 amide bonds. The second-order valence-corrected chi connectivity index (χ2v) is 11.5. The summed E-state index contributed by atoms with van der Waals surface area (Å²) >= 11 is 13.9. The topological polar surface area (TPSA) is 65.6 Å². The number of carbonyl (C=O) groups excluding carboxylic acids is 1. The third kappa shape index (κ3) is 5.05. The molecule has 41 heavy (non-hydrogen) atoms. The number of rotatable bonds is 6. The Kier molecular flexibility index (Phi) is 7.43. The van der Waals surface area contributed by atoms with Gasteiger partial charge in [-0.3, -0.25) is 9.36 Å². The lowest BCUT2D eigenvalue weighted by Gasteiger charge is -2.24. The minimum Gasteiger partial charge on any atom is -0.463 e. The van der Waals surface area contributed by atoms with Crippen molar-refractivity contribution in [2.45, 2.75) is 26.4 Å². The first kappa shape index (κ1) is 27.3. The Morgan fingerprint density at radius 2 is 1.83 bits per heavy atom. The number of esters is 1. The minimum absolute atomic E-state index is 0.213. The molecule has 1 aliphatic heterocycles. The van der Waals surface area contributed by atoms with Crippen molar-refractivity contribution in [3.8, 4) is 0 Å². The standard InChI is InChI=1S/C32H25Cl2N3O3S/c1-3-40-31(39)28-19(2)35-32-37(29(28)20-9-5-4-6-10-20)30(38)27(41-32)15-22-18-36(26-12-8-7-11-24(22)26)17-21-13-14-23(33)16-25(21)34/h4-16,18,29H,3,17H2,1-2H3/b27-15+/t29-/m1/s1. The fraction of sp³-hybridized carbons (Fsp3) is 0.156. The maximum atomic E-state index is 14.0. The number of aromatic nitrogens is 2. The summed E-state index contributed by atoms with van der Waals surface area (Å²) in [6.45, 7) is 4.32. The van der Waals surface area contributed by atoms with Gasteiger partial charge in [0.2, 0.25) is 0 Å². The van der Waals surface area contributed by atoms with Gasteiger partial charge >= 0.3 is 5.97 Å². The number of hydrogen-bond acceptors (Lipinski definition) is 5. The van der Waals surface area contributed by atoms with Gasteiger partial charge in [-0.1, -0.05) is 89.1 Å². The number of para-hydroxylation sites is 1. The Labute approximate surface area is 250 Å². The molecule has 1 aliphatic rings. The highest BCUT2D eigenvalue weighted by Gasteiger charge is 2.33. The van der Waals surface area contributed by atoms with Gasteiger partial charge < -0.3 is 9.30 Å². The number of hydrogen-bond donors (Lipinski definition) is 0. The van der Waals surface area contributed by atoms with E-state index in [9.17, 15) is 9.59 Å². The van der Waals surface area contributed by atoms with E-state index >= 15 is 0 Å². The van der Waals surface area contributed by atoms with E-state index in [4.69, 9.17) is 27.9 Å². The molecule has 0 bridgehead atoms. The van der Waals surface area contributed by atoms with Crippen molar-refractivity contribution in [1.29, 1.82) is 0 Å². The van der Waals surface area contributed by atoms with Gasteiger partial charge in [-0.05, 0) is 49.2 Å². The van der Waals surface area contributed by atoms with Crippen LogP contribution in [0.2, 0.25) is 10.0 Å². The molecule has 0 N–H and O–H groups in total. The summed E-state index contributed by atoms with van der Waals surface area (Å²) in [6, 6.07) is 22.4. The Hall–Kier alpha value is -3.91. The first-order chi connectivity index (χ1) is 19.9. The van der Waals surface area contributed by atoms with Gasteiger partial charge in [0.25, 0.3) is 5.56 Å². The highest BCUT2D eigenvalue weighted by Crippen LogP contribution is 2.31. The summed E-state index contributed by atoms with van der Waals surface area (Å²) in [7, 11) is 0. The molecular formula is C32H25Cl2N3O3S. The minimum atomic E-state index is -0.637. The van der Waals surface area contributed by atoms with Crippen LogP contribution in [0.4, 0.5) is 0 Å². The zero-order chi connectivity index (χ0) is 28.7. The predicted molar refractivity (Wildman–Crippen MR) is 164 cm³/mol. The van der Waals surface area contributed by atoms with Crippen molar-refractivity contribution in [3.63, 3.8) is 0 Å².